The Morgan fingerprint density at radius 2 is 2.21 bits per heavy atom. The van der Waals surface area contributed by atoms with Crippen LogP contribution < -0.4 is 10.1 Å². The summed E-state index contributed by atoms with van der Waals surface area (Å²) in [4.78, 5) is 24.9. The van der Waals surface area contributed by atoms with Crippen molar-refractivity contribution in [2.24, 2.45) is 5.92 Å². The number of nitrogens with zero attached hydrogens (tertiary/aromatic N) is 2. The molecule has 0 saturated carbocycles. The first kappa shape index (κ1) is 17.6. The van der Waals surface area contributed by atoms with Gasteiger partial charge in [-0.25, -0.2) is 4.79 Å². The zero-order chi connectivity index (χ0) is 17.7. The summed E-state index contributed by atoms with van der Waals surface area (Å²) in [5.41, 5.74) is 0.814. The molecule has 2 rings (SSSR count). The number of carbonyl (C=O) groups excluding carboxylic acids is 1. The Hall–Kier alpha value is -2.75. The normalized spacial score (nSPS) is 17.2. The summed E-state index contributed by atoms with van der Waals surface area (Å²) in [5.74, 6) is -0.940. The number of hydrogen-bond donors (Lipinski definition) is 2. The first-order valence-electron chi connectivity index (χ1n) is 7.90. The molecule has 2 N–H and O–H groups in total. The molecule has 1 aromatic rings. The molecule has 1 atom stereocenters. The highest BCUT2D eigenvalue weighted by molar-refractivity contribution is 5.90. The second-order valence-electron chi connectivity index (χ2n) is 6.04. The lowest BCUT2D eigenvalue weighted by atomic mass is 9.99. The smallest absolute Gasteiger partial charge is 0.321 e. The molecule has 24 heavy (non-hydrogen) atoms. The molecule has 1 aliphatic rings. The minimum atomic E-state index is -0.880. The van der Waals surface area contributed by atoms with Crippen molar-refractivity contribution in [1.82, 2.24) is 4.90 Å². The molecular weight excluding hydrogens is 310 g/mol. The van der Waals surface area contributed by atoms with Crippen LogP contribution in [0.5, 0.6) is 5.75 Å². The van der Waals surface area contributed by atoms with Crippen LogP contribution in [0.15, 0.2) is 18.2 Å². The van der Waals surface area contributed by atoms with Crippen molar-refractivity contribution in [3.05, 3.63) is 23.8 Å². The number of nitrogens with one attached hydrogen (secondary N) is 1. The first-order chi connectivity index (χ1) is 11.4. The van der Waals surface area contributed by atoms with E-state index >= 15 is 0 Å². The number of nitriles is 1. The van der Waals surface area contributed by atoms with Gasteiger partial charge in [0.1, 0.15) is 11.8 Å². The maximum atomic E-state index is 12.3. The summed E-state index contributed by atoms with van der Waals surface area (Å²) < 4.78 is 5.54. The Kier molecular flexibility index (Phi) is 5.64. The number of rotatable bonds is 4. The second-order valence-corrected chi connectivity index (χ2v) is 6.04. The average molecular weight is 331 g/mol. The van der Waals surface area contributed by atoms with E-state index in [0.717, 1.165) is 0 Å². The van der Waals surface area contributed by atoms with Crippen LogP contribution in [0.4, 0.5) is 10.5 Å². The number of urea groups is 1. The third-order valence-electron chi connectivity index (χ3n) is 3.77. The van der Waals surface area contributed by atoms with Gasteiger partial charge in [-0.1, -0.05) is 0 Å². The molecule has 1 unspecified atom stereocenters. The molecule has 1 fully saturated rings. The van der Waals surface area contributed by atoms with Gasteiger partial charge in [-0.2, -0.15) is 5.26 Å². The maximum absolute atomic E-state index is 12.3. The van der Waals surface area contributed by atoms with Gasteiger partial charge in [0, 0.05) is 18.8 Å². The fraction of sp³-hybridized carbons (Fsp3) is 0.471. The van der Waals surface area contributed by atoms with E-state index in [0.29, 0.717) is 36.4 Å². The number of benzene rings is 1. The van der Waals surface area contributed by atoms with Crippen molar-refractivity contribution in [3.8, 4) is 11.8 Å². The van der Waals surface area contributed by atoms with E-state index in [1.807, 2.05) is 19.9 Å². The fourth-order valence-electron chi connectivity index (χ4n) is 2.62. The Labute approximate surface area is 140 Å². The Bertz CT molecular complexity index is 666. The number of amides is 2. The van der Waals surface area contributed by atoms with Crippen molar-refractivity contribution in [2.45, 2.75) is 32.8 Å². The van der Waals surface area contributed by atoms with Crippen LogP contribution in [0.2, 0.25) is 0 Å². The van der Waals surface area contributed by atoms with E-state index < -0.39 is 11.9 Å². The van der Waals surface area contributed by atoms with Gasteiger partial charge in [-0.05, 0) is 44.9 Å². The molecule has 7 heteroatoms. The molecule has 0 aliphatic carbocycles. The molecule has 2 amide bonds. The number of aliphatic carboxylic acids is 1. The lowest BCUT2D eigenvalue weighted by Crippen LogP contribution is -2.44. The number of ether oxygens (including phenoxy) is 1. The van der Waals surface area contributed by atoms with Crippen LogP contribution in [0, 0.1) is 17.2 Å². The first-order valence-corrected chi connectivity index (χ1v) is 7.90. The van der Waals surface area contributed by atoms with E-state index in [4.69, 9.17) is 9.84 Å². The Morgan fingerprint density at radius 3 is 2.83 bits per heavy atom. The van der Waals surface area contributed by atoms with E-state index in [2.05, 4.69) is 5.32 Å². The predicted molar refractivity (Wildman–Crippen MR) is 87.9 cm³/mol. The monoisotopic (exact) mass is 331 g/mol. The standard InChI is InChI=1S/C17H21N3O4/c1-11(2)24-15-6-5-14(8-13(15)9-18)19-17(23)20-7-3-4-12(10-20)16(21)22/h5-6,8,11-12H,3-4,7,10H2,1-2H3,(H,19,23)(H,21,22). The zero-order valence-corrected chi connectivity index (χ0v) is 13.8. The van der Waals surface area contributed by atoms with Gasteiger partial charge in [-0.15, -0.1) is 0 Å². The van der Waals surface area contributed by atoms with Gasteiger partial charge < -0.3 is 20.1 Å². The number of carbonyl (C=O) groups is 2. The van der Waals surface area contributed by atoms with E-state index in [1.165, 1.54) is 4.90 Å². The summed E-state index contributed by atoms with van der Waals surface area (Å²) in [6, 6.07) is 6.54. The molecule has 0 bridgehead atoms. The zero-order valence-electron chi connectivity index (χ0n) is 13.8. The molecule has 0 spiro atoms. The summed E-state index contributed by atoms with van der Waals surface area (Å²) in [5, 5.41) is 21.0. The summed E-state index contributed by atoms with van der Waals surface area (Å²) >= 11 is 0. The fourth-order valence-corrected chi connectivity index (χ4v) is 2.62. The average Bonchev–Trinajstić information content (AvgIpc) is 2.55. The van der Waals surface area contributed by atoms with E-state index in [1.54, 1.807) is 18.2 Å². The summed E-state index contributed by atoms with van der Waals surface area (Å²) in [6.45, 7) is 4.45. The summed E-state index contributed by atoms with van der Waals surface area (Å²) in [7, 11) is 0. The Balaban J connectivity index is 2.06. The van der Waals surface area contributed by atoms with Crippen LogP contribution >= 0.6 is 0 Å². The number of piperidine rings is 1. The third kappa shape index (κ3) is 4.38. The maximum Gasteiger partial charge on any atom is 0.321 e. The van der Waals surface area contributed by atoms with Crippen molar-refractivity contribution in [3.63, 3.8) is 0 Å². The van der Waals surface area contributed by atoms with Crippen LogP contribution in [-0.2, 0) is 4.79 Å². The van der Waals surface area contributed by atoms with Gasteiger partial charge in [0.15, 0.2) is 0 Å². The number of hydrogen-bond acceptors (Lipinski definition) is 4. The highest BCUT2D eigenvalue weighted by Crippen LogP contribution is 2.24. The highest BCUT2D eigenvalue weighted by atomic mass is 16.5. The molecular formula is C17H21N3O4. The van der Waals surface area contributed by atoms with Gasteiger partial charge in [-0.3, -0.25) is 4.79 Å². The summed E-state index contributed by atoms with van der Waals surface area (Å²) in [6.07, 6.45) is 1.19. The highest BCUT2D eigenvalue weighted by Gasteiger charge is 2.28. The van der Waals surface area contributed by atoms with Gasteiger partial charge in [0.2, 0.25) is 0 Å². The molecule has 1 aromatic carbocycles. The SMILES string of the molecule is CC(C)Oc1ccc(NC(=O)N2CCCC(C(=O)O)C2)cc1C#N. The molecule has 1 saturated heterocycles. The third-order valence-corrected chi connectivity index (χ3v) is 3.77. The lowest BCUT2D eigenvalue weighted by Gasteiger charge is -2.30. The number of likely N-dealkylation sites (tertiary alicyclic amines) is 1. The molecule has 1 heterocycles. The number of carboxylic acids is 1. The molecule has 0 radical (unpaired) electrons. The Morgan fingerprint density at radius 1 is 1.46 bits per heavy atom. The minimum Gasteiger partial charge on any atom is -0.490 e. The van der Waals surface area contributed by atoms with Crippen molar-refractivity contribution >= 4 is 17.7 Å². The molecule has 1 aliphatic heterocycles. The molecule has 128 valence electrons. The van der Waals surface area contributed by atoms with Crippen LogP contribution in [0.3, 0.4) is 0 Å². The van der Waals surface area contributed by atoms with Crippen LogP contribution in [0.25, 0.3) is 0 Å². The number of carboxylic acid groups (broad SMARTS) is 1. The van der Waals surface area contributed by atoms with Crippen LogP contribution in [-0.4, -0.2) is 41.2 Å². The van der Waals surface area contributed by atoms with Gasteiger partial charge >= 0.3 is 12.0 Å². The van der Waals surface area contributed by atoms with Crippen molar-refractivity contribution in [2.75, 3.05) is 18.4 Å². The quantitative estimate of drug-likeness (QED) is 0.883. The minimum absolute atomic E-state index is 0.0566. The lowest BCUT2D eigenvalue weighted by molar-refractivity contribution is -0.143. The van der Waals surface area contributed by atoms with Crippen molar-refractivity contribution < 1.29 is 19.4 Å². The molecule has 7 nitrogen and oxygen atoms in total. The molecule has 0 aromatic heterocycles. The van der Waals surface area contributed by atoms with E-state index in [-0.39, 0.29) is 18.7 Å². The van der Waals surface area contributed by atoms with Gasteiger partial charge in [0.05, 0.1) is 17.6 Å². The van der Waals surface area contributed by atoms with E-state index in [9.17, 15) is 14.9 Å². The largest absolute Gasteiger partial charge is 0.490 e. The number of anilines is 1. The second kappa shape index (κ2) is 7.68. The predicted octanol–water partition coefficient (Wildman–Crippen LogP) is 2.67. The van der Waals surface area contributed by atoms with Gasteiger partial charge in [0.25, 0.3) is 0 Å². The van der Waals surface area contributed by atoms with Crippen LogP contribution in [0.1, 0.15) is 32.3 Å². The topological polar surface area (TPSA) is 103 Å². The van der Waals surface area contributed by atoms with Crippen molar-refractivity contribution in [1.29, 1.82) is 5.26 Å².